The van der Waals surface area contributed by atoms with Crippen molar-refractivity contribution in [3.8, 4) is 0 Å². The standard InChI is InChI=1S/C24H48N2O2.ClH/c1-5-6-7-14-18-23(27)19-15-12-10-8-9-11-13-16-20-24(28)25-21-17-22-26(2,3)4;/h12,15,23,27H,5-11,13-14,16-22H2,1-4H3;1H/b15-12+;/t23-;/m1./s1. The molecule has 0 heterocycles. The molecule has 0 aliphatic heterocycles. The van der Waals surface area contributed by atoms with Crippen molar-refractivity contribution in [3.05, 3.63) is 12.2 Å². The largest absolute Gasteiger partial charge is 1.00 e. The highest BCUT2D eigenvalue weighted by Crippen LogP contribution is 2.10. The highest BCUT2D eigenvalue weighted by atomic mass is 35.5. The monoisotopic (exact) mass is 432 g/mol. The number of rotatable bonds is 19. The highest BCUT2D eigenvalue weighted by molar-refractivity contribution is 5.75. The smallest absolute Gasteiger partial charge is 0.219 e. The van der Waals surface area contributed by atoms with E-state index < -0.39 is 0 Å². The Kier molecular flexibility index (Phi) is 21.8. The minimum absolute atomic E-state index is 0. The van der Waals surface area contributed by atoms with E-state index in [-0.39, 0.29) is 24.4 Å². The number of hydrogen-bond acceptors (Lipinski definition) is 2. The summed E-state index contributed by atoms with van der Waals surface area (Å²) < 4.78 is 0.949. The summed E-state index contributed by atoms with van der Waals surface area (Å²) in [4.78, 5) is 11.8. The van der Waals surface area contributed by atoms with Crippen LogP contribution in [0.2, 0.25) is 0 Å². The van der Waals surface area contributed by atoms with E-state index in [1.165, 1.54) is 38.5 Å². The topological polar surface area (TPSA) is 49.3 Å². The van der Waals surface area contributed by atoms with Crippen LogP contribution < -0.4 is 17.7 Å². The first-order valence-corrected chi connectivity index (χ1v) is 11.8. The minimum atomic E-state index is -0.160. The molecular formula is C24H49ClN2O2. The second-order valence-electron chi connectivity index (χ2n) is 9.23. The zero-order chi connectivity index (χ0) is 21.1. The van der Waals surface area contributed by atoms with Crippen molar-refractivity contribution in [2.45, 2.75) is 103 Å². The van der Waals surface area contributed by atoms with Gasteiger partial charge in [-0.15, -0.1) is 0 Å². The number of carbonyl (C=O) groups is 1. The maximum Gasteiger partial charge on any atom is 0.219 e. The third kappa shape index (κ3) is 25.4. The Bertz CT molecular complexity index is 395. The molecule has 2 N–H and O–H groups in total. The Morgan fingerprint density at radius 1 is 0.931 bits per heavy atom. The molecule has 29 heavy (non-hydrogen) atoms. The second kappa shape index (κ2) is 20.7. The van der Waals surface area contributed by atoms with Gasteiger partial charge >= 0.3 is 0 Å². The van der Waals surface area contributed by atoms with Gasteiger partial charge in [-0.05, 0) is 32.1 Å². The van der Waals surface area contributed by atoms with Gasteiger partial charge in [0.15, 0.2) is 0 Å². The van der Waals surface area contributed by atoms with E-state index in [4.69, 9.17) is 0 Å². The van der Waals surface area contributed by atoms with Crippen LogP contribution in [-0.2, 0) is 4.79 Å². The average Bonchev–Trinajstić information content (AvgIpc) is 2.63. The van der Waals surface area contributed by atoms with E-state index in [1.807, 2.05) is 0 Å². The summed E-state index contributed by atoms with van der Waals surface area (Å²) >= 11 is 0. The van der Waals surface area contributed by atoms with Gasteiger partial charge in [-0.25, -0.2) is 0 Å². The number of nitrogens with zero attached hydrogens (tertiary/aromatic N) is 1. The van der Waals surface area contributed by atoms with E-state index in [9.17, 15) is 9.90 Å². The van der Waals surface area contributed by atoms with Gasteiger partial charge in [0.25, 0.3) is 0 Å². The summed E-state index contributed by atoms with van der Waals surface area (Å²) in [5.74, 6) is 0.206. The molecule has 0 aromatic heterocycles. The molecule has 0 fully saturated rings. The van der Waals surface area contributed by atoms with Crippen molar-refractivity contribution in [1.82, 2.24) is 5.32 Å². The van der Waals surface area contributed by atoms with Crippen LogP contribution >= 0.6 is 0 Å². The molecule has 0 aliphatic carbocycles. The Labute approximate surface area is 187 Å². The molecule has 0 unspecified atom stereocenters. The number of allylic oxidation sites excluding steroid dienone is 1. The second-order valence-corrected chi connectivity index (χ2v) is 9.23. The quantitative estimate of drug-likeness (QED) is 0.187. The van der Waals surface area contributed by atoms with Crippen LogP contribution in [0.4, 0.5) is 0 Å². The summed E-state index contributed by atoms with van der Waals surface area (Å²) in [5, 5.41) is 12.9. The fourth-order valence-electron chi connectivity index (χ4n) is 3.24. The fourth-order valence-corrected chi connectivity index (χ4v) is 3.24. The summed E-state index contributed by atoms with van der Waals surface area (Å²) in [6.07, 6.45) is 19.5. The van der Waals surface area contributed by atoms with Crippen LogP contribution in [0.3, 0.4) is 0 Å². The lowest BCUT2D eigenvalue weighted by Crippen LogP contribution is -3.00. The van der Waals surface area contributed by atoms with E-state index in [2.05, 4.69) is 45.5 Å². The first-order valence-electron chi connectivity index (χ1n) is 11.8. The number of aliphatic hydroxyl groups is 1. The molecule has 0 aromatic rings. The van der Waals surface area contributed by atoms with Crippen molar-refractivity contribution in [3.63, 3.8) is 0 Å². The van der Waals surface area contributed by atoms with Gasteiger partial charge in [0, 0.05) is 19.4 Å². The predicted molar refractivity (Wildman–Crippen MR) is 121 cm³/mol. The van der Waals surface area contributed by atoms with Crippen LogP contribution in [0.15, 0.2) is 12.2 Å². The van der Waals surface area contributed by atoms with Crippen LogP contribution in [-0.4, -0.2) is 55.8 Å². The van der Waals surface area contributed by atoms with Crippen molar-refractivity contribution < 1.29 is 26.8 Å². The Hall–Kier alpha value is -0.580. The normalized spacial score (nSPS) is 12.7. The number of hydrogen-bond donors (Lipinski definition) is 2. The van der Waals surface area contributed by atoms with Gasteiger partial charge in [0.2, 0.25) is 5.91 Å². The molecule has 5 heteroatoms. The van der Waals surface area contributed by atoms with Crippen molar-refractivity contribution in [2.75, 3.05) is 34.2 Å². The predicted octanol–water partition coefficient (Wildman–Crippen LogP) is 2.21. The lowest BCUT2D eigenvalue weighted by atomic mass is 10.1. The summed E-state index contributed by atoms with van der Waals surface area (Å²) in [7, 11) is 6.53. The molecule has 0 saturated carbocycles. The minimum Gasteiger partial charge on any atom is -1.00 e. The van der Waals surface area contributed by atoms with Crippen LogP contribution in [0.1, 0.15) is 96.8 Å². The molecule has 0 spiro atoms. The van der Waals surface area contributed by atoms with Gasteiger partial charge in [0.05, 0.1) is 33.8 Å². The number of halogens is 1. The first kappa shape index (κ1) is 30.6. The van der Waals surface area contributed by atoms with E-state index in [0.29, 0.717) is 6.42 Å². The molecule has 0 aromatic carbocycles. The summed E-state index contributed by atoms with van der Waals surface area (Å²) in [5.41, 5.74) is 0. The number of unbranched alkanes of at least 4 members (excludes halogenated alkanes) is 8. The zero-order valence-electron chi connectivity index (χ0n) is 19.7. The van der Waals surface area contributed by atoms with E-state index >= 15 is 0 Å². The van der Waals surface area contributed by atoms with Crippen LogP contribution in [0.5, 0.6) is 0 Å². The molecule has 0 saturated heterocycles. The van der Waals surface area contributed by atoms with Gasteiger partial charge in [-0.2, -0.15) is 0 Å². The number of nitrogens with one attached hydrogen (secondary N) is 1. The van der Waals surface area contributed by atoms with Gasteiger partial charge < -0.3 is 27.3 Å². The average molecular weight is 433 g/mol. The van der Waals surface area contributed by atoms with E-state index in [1.54, 1.807) is 0 Å². The van der Waals surface area contributed by atoms with Gasteiger partial charge in [-0.3, -0.25) is 4.79 Å². The molecule has 0 bridgehead atoms. The maximum atomic E-state index is 11.8. The lowest BCUT2D eigenvalue weighted by Gasteiger charge is -2.23. The van der Waals surface area contributed by atoms with Crippen molar-refractivity contribution >= 4 is 5.91 Å². The lowest BCUT2D eigenvalue weighted by molar-refractivity contribution is -0.870. The van der Waals surface area contributed by atoms with Crippen LogP contribution in [0.25, 0.3) is 0 Å². The molecule has 0 radical (unpaired) electrons. The fraction of sp³-hybridized carbons (Fsp3) is 0.875. The first-order chi connectivity index (χ1) is 13.3. The molecular weight excluding hydrogens is 384 g/mol. The SMILES string of the molecule is CCCCCC[C@@H](O)C/C=C/CCCCCCCC(=O)NCCC[N+](C)(C)C.[Cl-]. The van der Waals surface area contributed by atoms with Crippen LogP contribution in [0, 0.1) is 0 Å². The van der Waals surface area contributed by atoms with Gasteiger partial charge in [0.1, 0.15) is 0 Å². The maximum absolute atomic E-state index is 11.8. The third-order valence-electron chi connectivity index (χ3n) is 5.07. The molecule has 1 amide bonds. The zero-order valence-corrected chi connectivity index (χ0v) is 20.5. The summed E-state index contributed by atoms with van der Waals surface area (Å²) in [6.45, 7) is 4.10. The van der Waals surface area contributed by atoms with Gasteiger partial charge in [-0.1, -0.05) is 64.0 Å². The Morgan fingerprint density at radius 2 is 1.59 bits per heavy atom. The highest BCUT2D eigenvalue weighted by Gasteiger charge is 2.06. The van der Waals surface area contributed by atoms with Crippen molar-refractivity contribution in [1.29, 1.82) is 0 Å². The number of amides is 1. The molecule has 4 nitrogen and oxygen atoms in total. The molecule has 174 valence electrons. The Morgan fingerprint density at radius 3 is 2.28 bits per heavy atom. The molecule has 0 aliphatic rings. The third-order valence-corrected chi connectivity index (χ3v) is 5.07. The van der Waals surface area contributed by atoms with Crippen molar-refractivity contribution in [2.24, 2.45) is 0 Å². The number of aliphatic hydroxyl groups excluding tert-OH is 1. The molecule has 1 atom stereocenters. The Balaban J connectivity index is 0. The summed E-state index contributed by atoms with van der Waals surface area (Å²) in [6, 6.07) is 0. The number of quaternary nitrogens is 1. The number of carbonyl (C=O) groups excluding carboxylic acids is 1. The molecule has 0 rings (SSSR count). The van der Waals surface area contributed by atoms with E-state index in [0.717, 1.165) is 62.5 Å².